The van der Waals surface area contributed by atoms with E-state index in [0.717, 1.165) is 5.76 Å². The van der Waals surface area contributed by atoms with Crippen LogP contribution in [0.1, 0.15) is 33.0 Å². The van der Waals surface area contributed by atoms with Crippen LogP contribution in [0, 0.1) is 0 Å². The van der Waals surface area contributed by atoms with E-state index in [1.54, 1.807) is 6.26 Å². The molecule has 0 unspecified atom stereocenters. The Kier molecular flexibility index (Phi) is 3.32. The first-order valence-electron chi connectivity index (χ1n) is 4.76. The van der Waals surface area contributed by atoms with Gasteiger partial charge in [-0.15, -0.1) is 0 Å². The Morgan fingerprint density at radius 1 is 1.43 bits per heavy atom. The molecular weight excluding hydrogens is 196 g/mol. The van der Waals surface area contributed by atoms with E-state index in [-0.39, 0.29) is 4.75 Å². The van der Waals surface area contributed by atoms with Crippen molar-refractivity contribution < 1.29 is 9.52 Å². The third kappa shape index (κ3) is 4.20. The molecule has 0 bridgehead atoms. The summed E-state index contributed by atoms with van der Waals surface area (Å²) < 4.78 is 5.03. The first kappa shape index (κ1) is 11.7. The lowest BCUT2D eigenvalue weighted by atomic mass is 9.90. The fourth-order valence-electron chi connectivity index (χ4n) is 1.78. The van der Waals surface area contributed by atoms with E-state index in [4.69, 9.17) is 4.42 Å². The zero-order chi connectivity index (χ0) is 10.8. The quantitative estimate of drug-likeness (QED) is 0.755. The van der Waals surface area contributed by atoms with Crippen molar-refractivity contribution in [3.63, 3.8) is 0 Å². The third-order valence-electron chi connectivity index (χ3n) is 1.95. The van der Waals surface area contributed by atoms with Crippen LogP contribution in [0.25, 0.3) is 0 Å². The molecule has 0 spiro atoms. The van der Waals surface area contributed by atoms with Gasteiger partial charge < -0.3 is 9.52 Å². The normalized spacial score (nSPS) is 16.6. The fraction of sp³-hybridized carbons (Fsp3) is 0.636. The van der Waals surface area contributed by atoms with Crippen molar-refractivity contribution in [2.75, 3.05) is 0 Å². The molecule has 14 heavy (non-hydrogen) atoms. The van der Waals surface area contributed by atoms with Gasteiger partial charge in [-0.3, -0.25) is 0 Å². The zero-order valence-electron chi connectivity index (χ0n) is 8.95. The van der Waals surface area contributed by atoms with Crippen molar-refractivity contribution >= 4 is 12.6 Å². The van der Waals surface area contributed by atoms with Crippen LogP contribution < -0.4 is 0 Å². The number of furan rings is 1. The van der Waals surface area contributed by atoms with Crippen LogP contribution in [0.5, 0.6) is 0 Å². The van der Waals surface area contributed by atoms with E-state index in [0.29, 0.717) is 12.8 Å². The standard InChI is InChI=1S/C11H18O2S/c1-10(2,14)8-11(3,12)7-9-5-4-6-13-9/h4-6,12,14H,7-8H2,1-3H3/t11-/m0/s1. The topological polar surface area (TPSA) is 33.4 Å². The van der Waals surface area contributed by atoms with Crippen LogP contribution in [-0.2, 0) is 6.42 Å². The van der Waals surface area contributed by atoms with Crippen molar-refractivity contribution in [1.29, 1.82) is 0 Å². The Balaban J connectivity index is 2.58. The van der Waals surface area contributed by atoms with Gasteiger partial charge in [-0.2, -0.15) is 12.6 Å². The molecule has 0 saturated heterocycles. The average Bonchev–Trinajstić information content (AvgIpc) is 2.31. The lowest BCUT2D eigenvalue weighted by Gasteiger charge is -2.29. The zero-order valence-corrected chi connectivity index (χ0v) is 9.84. The molecular formula is C11H18O2S. The van der Waals surface area contributed by atoms with E-state index in [1.807, 2.05) is 32.9 Å². The van der Waals surface area contributed by atoms with Crippen LogP contribution in [0.15, 0.2) is 22.8 Å². The molecule has 0 fully saturated rings. The lowest BCUT2D eigenvalue weighted by molar-refractivity contribution is 0.0390. The van der Waals surface area contributed by atoms with Gasteiger partial charge in [0.2, 0.25) is 0 Å². The summed E-state index contributed by atoms with van der Waals surface area (Å²) in [6.45, 7) is 5.80. The van der Waals surface area contributed by atoms with Gasteiger partial charge in [0.05, 0.1) is 11.9 Å². The van der Waals surface area contributed by atoms with Crippen molar-refractivity contribution in [2.45, 2.75) is 44.0 Å². The number of thiol groups is 1. The maximum Gasteiger partial charge on any atom is 0.106 e. The summed E-state index contributed by atoms with van der Waals surface area (Å²) in [5, 5.41) is 10.1. The monoisotopic (exact) mass is 214 g/mol. The number of aliphatic hydroxyl groups is 1. The van der Waals surface area contributed by atoms with E-state index >= 15 is 0 Å². The van der Waals surface area contributed by atoms with Gasteiger partial charge in [0, 0.05) is 11.2 Å². The lowest BCUT2D eigenvalue weighted by Crippen LogP contribution is -2.34. The predicted molar refractivity (Wildman–Crippen MR) is 60.7 cm³/mol. The largest absolute Gasteiger partial charge is 0.469 e. The maximum absolute atomic E-state index is 10.1. The molecule has 1 N–H and O–H groups in total. The fourth-order valence-corrected chi connectivity index (χ4v) is 2.12. The number of hydrogen-bond donors (Lipinski definition) is 2. The Bertz CT molecular complexity index is 270. The molecule has 2 nitrogen and oxygen atoms in total. The molecule has 1 aromatic heterocycles. The molecule has 0 radical (unpaired) electrons. The van der Waals surface area contributed by atoms with Gasteiger partial charge in [0.1, 0.15) is 5.76 Å². The molecule has 0 saturated carbocycles. The second kappa shape index (κ2) is 3.99. The minimum absolute atomic E-state index is 0.171. The Labute approximate surface area is 90.7 Å². The molecule has 1 atom stereocenters. The highest BCUT2D eigenvalue weighted by molar-refractivity contribution is 7.81. The molecule has 0 aliphatic carbocycles. The minimum Gasteiger partial charge on any atom is -0.469 e. The summed E-state index contributed by atoms with van der Waals surface area (Å²) in [7, 11) is 0. The maximum atomic E-state index is 10.1. The average molecular weight is 214 g/mol. The van der Waals surface area contributed by atoms with Crippen LogP contribution in [0.4, 0.5) is 0 Å². The van der Waals surface area contributed by atoms with E-state index < -0.39 is 5.60 Å². The van der Waals surface area contributed by atoms with Gasteiger partial charge in [0.25, 0.3) is 0 Å². The van der Waals surface area contributed by atoms with Crippen molar-refractivity contribution in [3.05, 3.63) is 24.2 Å². The highest BCUT2D eigenvalue weighted by atomic mass is 32.1. The van der Waals surface area contributed by atoms with Gasteiger partial charge in [-0.1, -0.05) is 13.8 Å². The third-order valence-corrected chi connectivity index (χ3v) is 2.11. The molecule has 80 valence electrons. The Morgan fingerprint density at radius 2 is 2.07 bits per heavy atom. The SMILES string of the molecule is CC(C)(S)C[C@@](C)(O)Cc1ccco1. The first-order chi connectivity index (χ1) is 6.29. The summed E-state index contributed by atoms with van der Waals surface area (Å²) >= 11 is 4.41. The van der Waals surface area contributed by atoms with Crippen LogP contribution in [-0.4, -0.2) is 15.5 Å². The summed E-state index contributed by atoms with van der Waals surface area (Å²) in [4.78, 5) is 0. The molecule has 0 amide bonds. The van der Waals surface area contributed by atoms with Gasteiger partial charge in [0.15, 0.2) is 0 Å². The van der Waals surface area contributed by atoms with Crippen molar-refractivity contribution in [1.82, 2.24) is 0 Å². The van der Waals surface area contributed by atoms with Gasteiger partial charge in [-0.05, 0) is 25.5 Å². The van der Waals surface area contributed by atoms with Crippen molar-refractivity contribution in [3.8, 4) is 0 Å². The smallest absolute Gasteiger partial charge is 0.106 e. The molecule has 1 rings (SSSR count). The van der Waals surface area contributed by atoms with Gasteiger partial charge in [-0.25, -0.2) is 0 Å². The summed E-state index contributed by atoms with van der Waals surface area (Å²) in [6.07, 6.45) is 2.78. The first-order valence-corrected chi connectivity index (χ1v) is 5.20. The molecule has 3 heteroatoms. The van der Waals surface area contributed by atoms with E-state index in [2.05, 4.69) is 12.6 Å². The van der Waals surface area contributed by atoms with E-state index in [9.17, 15) is 5.11 Å². The molecule has 0 aromatic carbocycles. The van der Waals surface area contributed by atoms with Crippen LogP contribution in [0.2, 0.25) is 0 Å². The number of rotatable bonds is 4. The minimum atomic E-state index is -0.761. The van der Waals surface area contributed by atoms with Crippen LogP contribution in [0.3, 0.4) is 0 Å². The highest BCUT2D eigenvalue weighted by Crippen LogP contribution is 2.28. The summed E-state index contributed by atoms with van der Waals surface area (Å²) in [6, 6.07) is 3.71. The predicted octanol–water partition coefficient (Wildman–Crippen LogP) is 2.67. The molecule has 0 aliphatic rings. The van der Waals surface area contributed by atoms with Gasteiger partial charge >= 0.3 is 0 Å². The van der Waals surface area contributed by atoms with Crippen LogP contribution >= 0.6 is 12.6 Å². The van der Waals surface area contributed by atoms with E-state index in [1.165, 1.54) is 0 Å². The second-order valence-corrected chi connectivity index (χ2v) is 5.95. The Hall–Kier alpha value is -0.410. The number of hydrogen-bond acceptors (Lipinski definition) is 3. The molecule has 1 aromatic rings. The van der Waals surface area contributed by atoms with Crippen molar-refractivity contribution in [2.24, 2.45) is 0 Å². The highest BCUT2D eigenvalue weighted by Gasteiger charge is 2.29. The second-order valence-electron chi connectivity index (χ2n) is 4.74. The summed E-state index contributed by atoms with van der Waals surface area (Å²) in [5.41, 5.74) is -0.761. The summed E-state index contributed by atoms with van der Waals surface area (Å²) in [5.74, 6) is 0.813. The Morgan fingerprint density at radius 3 is 2.50 bits per heavy atom. The molecule has 1 heterocycles. The molecule has 0 aliphatic heterocycles.